The molecule has 4 aliphatic rings. The van der Waals surface area contributed by atoms with Crippen molar-refractivity contribution in [3.8, 4) is 5.75 Å². The van der Waals surface area contributed by atoms with Gasteiger partial charge in [0.2, 0.25) is 10.0 Å². The van der Waals surface area contributed by atoms with Gasteiger partial charge >= 0.3 is 0 Å². The summed E-state index contributed by atoms with van der Waals surface area (Å²) in [6.45, 7) is 4.88. The van der Waals surface area contributed by atoms with E-state index >= 15 is 0 Å². The number of carbonyl (C=O) groups is 2. The molecule has 10 nitrogen and oxygen atoms in total. The van der Waals surface area contributed by atoms with E-state index < -0.39 is 38.8 Å². The summed E-state index contributed by atoms with van der Waals surface area (Å²) in [6, 6.07) is 11.1. The van der Waals surface area contributed by atoms with Crippen LogP contribution in [-0.4, -0.2) is 88.1 Å². The molecule has 12 heteroatoms. The smallest absolute Gasteiger partial charge is 0.264 e. The monoisotopic (exact) mass is 713 g/mol. The minimum atomic E-state index is -4.06. The summed E-state index contributed by atoms with van der Waals surface area (Å²) in [5, 5.41) is 12.3. The highest BCUT2D eigenvalue weighted by Crippen LogP contribution is 2.49. The topological polar surface area (TPSA) is 125 Å². The van der Waals surface area contributed by atoms with Crippen LogP contribution in [0.3, 0.4) is 0 Å². The third-order valence-corrected chi connectivity index (χ3v) is 13.7. The highest BCUT2D eigenvalue weighted by molar-refractivity contribution is 7.90. The molecule has 0 radical (unpaired) electrons. The number of aliphatic hydroxyl groups is 1. The van der Waals surface area contributed by atoms with Crippen molar-refractivity contribution in [2.24, 2.45) is 17.8 Å². The van der Waals surface area contributed by atoms with Crippen molar-refractivity contribution in [1.29, 1.82) is 0 Å². The number of anilines is 1. The molecular formula is C37H48ClN3O7S. The first-order valence-corrected chi connectivity index (χ1v) is 19.1. The SMILES string of the molecule is CO[C@H](C(=O)N(C)C)[C@]1(O)/C=C/C[C@H](C)[C@@H](C)S(=O)(=O)NC(=O)c2ccc3c(c2)N(C[C@@H]2CC[C@H]21)C[C@@]1(CCCc2cc(Cl)ccc21)CO3. The van der Waals surface area contributed by atoms with Crippen molar-refractivity contribution in [2.75, 3.05) is 45.8 Å². The number of hydrogen-bond donors (Lipinski definition) is 2. The minimum Gasteiger partial charge on any atom is -0.490 e. The van der Waals surface area contributed by atoms with Gasteiger partial charge in [0.1, 0.15) is 11.4 Å². The van der Waals surface area contributed by atoms with E-state index in [1.54, 1.807) is 58.3 Å². The molecule has 0 aromatic heterocycles. The van der Waals surface area contributed by atoms with Crippen molar-refractivity contribution in [3.05, 3.63) is 70.3 Å². The summed E-state index contributed by atoms with van der Waals surface area (Å²) in [4.78, 5) is 30.7. The first-order valence-electron chi connectivity index (χ1n) is 17.2. The summed E-state index contributed by atoms with van der Waals surface area (Å²) >= 11 is 6.43. The Kier molecular flexibility index (Phi) is 9.87. The molecule has 2 N–H and O–H groups in total. The lowest BCUT2D eigenvalue weighted by Crippen LogP contribution is -2.60. The van der Waals surface area contributed by atoms with Crippen molar-refractivity contribution >= 4 is 39.1 Å². The molecule has 2 bridgehead atoms. The molecule has 2 amide bonds. The van der Waals surface area contributed by atoms with Crippen LogP contribution < -0.4 is 14.4 Å². The van der Waals surface area contributed by atoms with Gasteiger partial charge in [-0.05, 0) is 105 Å². The number of ether oxygens (including phenoxy) is 2. The third kappa shape index (κ3) is 6.59. The van der Waals surface area contributed by atoms with Gasteiger partial charge in [0, 0.05) is 50.3 Å². The highest BCUT2D eigenvalue weighted by Gasteiger charge is 2.54. The summed E-state index contributed by atoms with van der Waals surface area (Å²) in [5.41, 5.74) is 1.27. The number of aryl methyl sites for hydroxylation is 1. The molecule has 266 valence electrons. The zero-order chi connectivity index (χ0) is 35.3. The minimum absolute atomic E-state index is 0.0272. The quantitative estimate of drug-likeness (QED) is 0.438. The van der Waals surface area contributed by atoms with Gasteiger partial charge in [-0.3, -0.25) is 9.59 Å². The summed E-state index contributed by atoms with van der Waals surface area (Å²) in [6.07, 6.45) is 6.82. The number of nitrogens with zero attached hydrogens (tertiary/aromatic N) is 2. The molecule has 0 unspecified atom stereocenters. The maximum absolute atomic E-state index is 13.5. The van der Waals surface area contributed by atoms with Crippen LogP contribution in [0.4, 0.5) is 5.69 Å². The molecule has 0 saturated heterocycles. The number of allylic oxidation sites excluding steroid dienone is 1. The number of likely N-dealkylation sites (N-methyl/N-ethyl adjacent to an activating group) is 1. The van der Waals surface area contributed by atoms with E-state index in [9.17, 15) is 23.1 Å². The van der Waals surface area contributed by atoms with Gasteiger partial charge in [-0.1, -0.05) is 36.7 Å². The number of amides is 2. The second kappa shape index (κ2) is 13.5. The average molecular weight is 714 g/mol. The number of halogens is 1. The van der Waals surface area contributed by atoms with Gasteiger partial charge in [-0.2, -0.15) is 0 Å². The van der Waals surface area contributed by atoms with Gasteiger partial charge in [0.05, 0.1) is 17.5 Å². The van der Waals surface area contributed by atoms with Gasteiger partial charge in [-0.25, -0.2) is 13.1 Å². The molecule has 6 rings (SSSR count). The Bertz CT molecular complexity index is 1750. The number of rotatable bonds is 3. The van der Waals surface area contributed by atoms with Crippen LogP contribution in [0.15, 0.2) is 48.6 Å². The molecule has 2 aromatic carbocycles. The van der Waals surface area contributed by atoms with E-state index in [0.717, 1.165) is 25.7 Å². The molecular weight excluding hydrogens is 666 g/mol. The third-order valence-electron chi connectivity index (χ3n) is 11.5. The zero-order valence-corrected chi connectivity index (χ0v) is 30.5. The number of fused-ring (bicyclic) bond motifs is 4. The van der Waals surface area contributed by atoms with Gasteiger partial charge in [0.15, 0.2) is 6.10 Å². The van der Waals surface area contributed by atoms with E-state index in [4.69, 9.17) is 21.1 Å². The van der Waals surface area contributed by atoms with Crippen LogP contribution in [0.5, 0.6) is 5.75 Å². The fraction of sp³-hybridized carbons (Fsp3) is 0.568. The fourth-order valence-electron chi connectivity index (χ4n) is 8.31. The Balaban J connectivity index is 1.48. The number of carbonyl (C=O) groups excluding carboxylic acids is 2. The predicted octanol–water partition coefficient (Wildman–Crippen LogP) is 4.72. The zero-order valence-electron chi connectivity index (χ0n) is 28.9. The average Bonchev–Trinajstić information content (AvgIpc) is 3.18. The van der Waals surface area contributed by atoms with Crippen molar-refractivity contribution in [3.63, 3.8) is 0 Å². The van der Waals surface area contributed by atoms with E-state index in [2.05, 4.69) is 15.7 Å². The van der Waals surface area contributed by atoms with Crippen molar-refractivity contribution < 1.29 is 32.6 Å². The Hall–Kier alpha value is -3.12. The largest absolute Gasteiger partial charge is 0.490 e. The molecule has 2 aliphatic carbocycles. The first kappa shape index (κ1) is 35.7. The van der Waals surface area contributed by atoms with Crippen molar-refractivity contribution in [2.45, 2.75) is 74.7 Å². The molecule has 1 saturated carbocycles. The molecule has 2 heterocycles. The summed E-state index contributed by atoms with van der Waals surface area (Å²) in [7, 11) is 0.654. The van der Waals surface area contributed by atoms with Crippen LogP contribution in [0.1, 0.15) is 67.4 Å². The Morgan fingerprint density at radius 3 is 2.65 bits per heavy atom. The first-order chi connectivity index (χ1) is 23.2. The lowest BCUT2D eigenvalue weighted by molar-refractivity contribution is -0.168. The lowest BCUT2D eigenvalue weighted by Gasteiger charge is -2.51. The second-order valence-corrected chi connectivity index (χ2v) is 17.2. The van der Waals surface area contributed by atoms with E-state index in [0.29, 0.717) is 49.0 Å². The standard InChI is InChI=1S/C37H48ClN3O7S/c1-23-8-6-17-37(44,33(47-5)35(43)40(3)4)30-13-10-27(30)20-41-21-36(16-7-9-25-18-28(38)12-14-29(25)36)22-48-32-15-11-26(19-31(32)41)34(42)39-49(45,46)24(23)2/h6,11-12,14-15,17-19,23-24,27,30,33,44H,7-10,13,16,20-22H2,1-5H3,(H,39,42)/b17-6+/t23-,24+,27-,30+,33+,36-,37-/m0/s1. The van der Waals surface area contributed by atoms with Crippen LogP contribution in [0, 0.1) is 17.8 Å². The van der Waals surface area contributed by atoms with Crippen LogP contribution in [0.2, 0.25) is 5.02 Å². The number of hydrogen-bond acceptors (Lipinski definition) is 8. The van der Waals surface area contributed by atoms with Gasteiger partial charge in [0.25, 0.3) is 11.8 Å². The normalized spacial score (nSPS) is 32.3. The van der Waals surface area contributed by atoms with Crippen LogP contribution in [0.25, 0.3) is 0 Å². The molecule has 2 aliphatic heterocycles. The molecule has 1 spiro atoms. The summed E-state index contributed by atoms with van der Waals surface area (Å²) in [5.74, 6) is -1.20. The van der Waals surface area contributed by atoms with E-state index in [1.807, 2.05) is 12.1 Å². The number of methoxy groups -OCH3 is 1. The highest BCUT2D eigenvalue weighted by atomic mass is 35.5. The van der Waals surface area contributed by atoms with E-state index in [1.165, 1.54) is 23.1 Å². The van der Waals surface area contributed by atoms with Gasteiger partial charge in [-0.15, -0.1) is 0 Å². The molecule has 49 heavy (non-hydrogen) atoms. The number of nitrogens with one attached hydrogen (secondary N) is 1. The maximum atomic E-state index is 13.5. The van der Waals surface area contributed by atoms with Crippen molar-refractivity contribution in [1.82, 2.24) is 9.62 Å². The molecule has 2 aromatic rings. The fourth-order valence-corrected chi connectivity index (χ4v) is 9.79. The van der Waals surface area contributed by atoms with Gasteiger partial charge < -0.3 is 24.4 Å². The number of sulfonamides is 1. The van der Waals surface area contributed by atoms with Crippen LogP contribution in [-0.2, 0) is 31.4 Å². The lowest BCUT2D eigenvalue weighted by atomic mass is 9.62. The van der Waals surface area contributed by atoms with E-state index in [-0.39, 0.29) is 28.7 Å². The molecule has 7 atom stereocenters. The molecule has 1 fully saturated rings. The summed E-state index contributed by atoms with van der Waals surface area (Å²) < 4.78 is 41.5. The maximum Gasteiger partial charge on any atom is 0.264 e. The Morgan fingerprint density at radius 1 is 1.18 bits per heavy atom. The Labute approximate surface area is 294 Å². The second-order valence-electron chi connectivity index (χ2n) is 14.8. The van der Waals surface area contributed by atoms with Crippen LogP contribution >= 0.6 is 11.6 Å². The Morgan fingerprint density at radius 2 is 1.96 bits per heavy atom. The predicted molar refractivity (Wildman–Crippen MR) is 190 cm³/mol. The number of benzene rings is 2.